The molecule has 0 rings (SSSR count). The van der Waals surface area contributed by atoms with Crippen molar-refractivity contribution in [2.45, 2.75) is 0 Å². The van der Waals surface area contributed by atoms with E-state index in [0.29, 0.717) is 0 Å². The van der Waals surface area contributed by atoms with Crippen molar-refractivity contribution < 1.29 is 110 Å². The summed E-state index contributed by atoms with van der Waals surface area (Å²) in [5, 5.41) is 0. The van der Waals surface area contributed by atoms with Crippen LogP contribution in [-0.2, 0) is 4.57 Å². The Morgan fingerprint density at radius 1 is 1.29 bits per heavy atom. The van der Waals surface area contributed by atoms with Crippen molar-refractivity contribution in [2.24, 2.45) is 0 Å². The maximum Gasteiger partial charge on any atom is 1.00 e. The summed E-state index contributed by atoms with van der Waals surface area (Å²) in [5.74, 6) is 0. The van der Waals surface area contributed by atoms with Crippen molar-refractivity contribution in [2.75, 3.05) is 0 Å². The largest absolute Gasteiger partial charge is 1.00 e. The van der Waals surface area contributed by atoms with E-state index in [0.717, 1.165) is 0 Å². The molecule has 0 bridgehead atoms. The van der Waals surface area contributed by atoms with E-state index in [2.05, 4.69) is 0 Å². The summed E-state index contributed by atoms with van der Waals surface area (Å²) in [6.07, 6.45) is 0. The van der Waals surface area contributed by atoms with E-state index >= 15 is 0 Å². The van der Waals surface area contributed by atoms with Crippen LogP contribution in [0, 0.1) is 0 Å². The van der Waals surface area contributed by atoms with Gasteiger partial charge >= 0.3 is 95.6 Å². The molecule has 0 aromatic rings. The van der Waals surface area contributed by atoms with E-state index in [1.807, 2.05) is 0 Å². The average Bonchev–Trinajstić information content (AvgIpc) is 0.722. The van der Waals surface area contributed by atoms with Gasteiger partial charge in [-0.2, -0.15) is 0 Å². The molecule has 4 nitrogen and oxygen atoms in total. The predicted molar refractivity (Wildman–Crippen MR) is 16.5 cm³/mol. The second kappa shape index (κ2) is 6.87. The number of phosphoric acid groups is 1. The van der Waals surface area contributed by atoms with Crippen molar-refractivity contribution in [3.8, 4) is 0 Å². The monoisotopic (exact) mass is 240 g/mol. The molecule has 0 spiro atoms. The van der Waals surface area contributed by atoms with Gasteiger partial charge in [-0.25, -0.2) is 4.57 Å². The van der Waals surface area contributed by atoms with E-state index in [1.54, 1.807) is 0 Å². The number of rotatable bonds is 0. The molecule has 0 heterocycles. The van der Waals surface area contributed by atoms with Gasteiger partial charge in [-0.15, -0.1) is 0 Å². The molecule has 0 aliphatic rings. The van der Waals surface area contributed by atoms with Crippen LogP contribution in [0.1, 0.15) is 2.85 Å². The molecule has 0 saturated carbocycles. The third-order valence-electron chi connectivity index (χ3n) is 0. The maximum atomic E-state index is 8.88. The van der Waals surface area contributed by atoms with Gasteiger partial charge < -0.3 is 17.5 Å². The van der Waals surface area contributed by atoms with E-state index in [1.165, 1.54) is 0 Å². The topological polar surface area (TPSA) is 77.8 Å². The first kappa shape index (κ1) is 16.4. The zero-order valence-corrected chi connectivity index (χ0v) is 11.4. The third kappa shape index (κ3) is 52.6. The summed E-state index contributed by atoms with van der Waals surface area (Å²) in [4.78, 5) is 21.6. The zero-order chi connectivity index (χ0) is 4.50. The van der Waals surface area contributed by atoms with Gasteiger partial charge in [-0.3, -0.25) is 0 Å². The minimum Gasteiger partial charge on any atom is -1.00 e. The maximum absolute atomic E-state index is 8.88. The van der Waals surface area contributed by atoms with Crippen molar-refractivity contribution >= 4 is 7.82 Å². The van der Waals surface area contributed by atoms with Crippen molar-refractivity contribution in [1.29, 1.82) is 0 Å². The fraction of sp³-hybridized carbons (Fsp3) is 0. The van der Waals surface area contributed by atoms with Crippen LogP contribution in [0.3, 0.4) is 0 Å². The van der Waals surface area contributed by atoms with Crippen LogP contribution in [0.15, 0.2) is 0 Å². The zero-order valence-electron chi connectivity index (χ0n) is 6.20. The molecule has 0 aliphatic heterocycles. The first-order valence-electron chi connectivity index (χ1n) is 0.783. The Bertz CT molecular complexity index is 64.7. The molecule has 0 radical (unpaired) electrons. The summed E-state index contributed by atoms with van der Waals surface area (Å²) in [5.41, 5.74) is 0. The van der Waals surface area contributed by atoms with Crippen molar-refractivity contribution in [1.82, 2.24) is 0 Å². The van der Waals surface area contributed by atoms with Gasteiger partial charge in [0.1, 0.15) is 0 Å². The third-order valence-corrected chi connectivity index (χ3v) is 0. The van der Waals surface area contributed by atoms with E-state index in [9.17, 15) is 0 Å². The second-order valence-electron chi connectivity index (χ2n) is 0.513. The van der Waals surface area contributed by atoms with Gasteiger partial charge in [0.25, 0.3) is 0 Å². The van der Waals surface area contributed by atoms with E-state index < -0.39 is 7.82 Å². The van der Waals surface area contributed by atoms with Gasteiger partial charge in [0, 0.05) is 0 Å². The van der Waals surface area contributed by atoms with Crippen LogP contribution in [0.5, 0.6) is 0 Å². The quantitative estimate of drug-likeness (QED) is 0.290. The average molecular weight is 240 g/mol. The Kier molecular flexibility index (Phi) is 16.1. The van der Waals surface area contributed by atoms with Gasteiger partial charge in [0.2, 0.25) is 0 Å². The van der Waals surface area contributed by atoms with E-state index in [4.69, 9.17) is 19.2 Å². The molecule has 0 atom stereocenters. The summed E-state index contributed by atoms with van der Waals surface area (Å²) in [6, 6.07) is 0. The molecule has 0 aromatic carbocycles. The first-order valence-corrected chi connectivity index (χ1v) is 2.35. The number of hydrogen-bond donors (Lipinski definition) is 3. The molecule has 36 valence electrons. The van der Waals surface area contributed by atoms with Gasteiger partial charge in [0.05, 0.1) is 0 Å². The molecule has 0 fully saturated rings. The fourth-order valence-corrected chi connectivity index (χ4v) is 0. The molecule has 0 aromatic heterocycles. The van der Waals surface area contributed by atoms with Crippen LogP contribution < -0.4 is 87.8 Å². The van der Waals surface area contributed by atoms with Gasteiger partial charge in [-0.05, 0) is 0 Å². The molecular formula is H5CsLiO4P. The minimum atomic E-state index is -4.64. The molecule has 0 amide bonds. The van der Waals surface area contributed by atoms with Gasteiger partial charge in [-0.1, -0.05) is 0 Å². The van der Waals surface area contributed by atoms with E-state index in [-0.39, 0.29) is 90.6 Å². The first-order chi connectivity index (χ1) is 2.00. The molecule has 7 heavy (non-hydrogen) atoms. The molecule has 7 heteroatoms. The normalized spacial score (nSPS) is 8.43. The summed E-state index contributed by atoms with van der Waals surface area (Å²) in [6.45, 7) is 0. The Morgan fingerprint density at radius 3 is 1.29 bits per heavy atom. The predicted octanol–water partition coefficient (Wildman–Crippen LogP) is -6.70. The SMILES string of the molecule is O=P(O)(O)O.[Cs+].[H-].[H-].[Li+]. The molecular weight excluding hydrogens is 235 g/mol. The molecule has 0 unspecified atom stereocenters. The summed E-state index contributed by atoms with van der Waals surface area (Å²) < 4.78 is 8.88. The Labute approximate surface area is 115 Å². The fourth-order valence-electron chi connectivity index (χ4n) is 0. The smallest absolute Gasteiger partial charge is 1.00 e. The Morgan fingerprint density at radius 2 is 1.29 bits per heavy atom. The van der Waals surface area contributed by atoms with Crippen LogP contribution in [0.25, 0.3) is 0 Å². The molecule has 3 N–H and O–H groups in total. The number of hydrogen-bond acceptors (Lipinski definition) is 1. The van der Waals surface area contributed by atoms with Crippen molar-refractivity contribution in [3.63, 3.8) is 0 Å². The van der Waals surface area contributed by atoms with Crippen LogP contribution in [0.2, 0.25) is 0 Å². The minimum absolute atomic E-state index is 0. The summed E-state index contributed by atoms with van der Waals surface area (Å²) in [7, 11) is -4.64. The second-order valence-corrected chi connectivity index (χ2v) is 1.54. The van der Waals surface area contributed by atoms with Crippen LogP contribution in [0.4, 0.5) is 0 Å². The molecule has 0 aliphatic carbocycles. The van der Waals surface area contributed by atoms with Gasteiger partial charge in [0.15, 0.2) is 0 Å². The van der Waals surface area contributed by atoms with Crippen LogP contribution in [-0.4, -0.2) is 14.7 Å². The standard InChI is InChI=1S/Cs.Li.H3O4P.2H/c;;1-5(2,3)4;;/h;;(H3,1,2,3,4);;/q2*+1;;2*-1. The Hall–Kier alpha value is 2.76. The summed E-state index contributed by atoms with van der Waals surface area (Å²) >= 11 is 0. The molecule has 0 saturated heterocycles. The van der Waals surface area contributed by atoms with Crippen molar-refractivity contribution in [3.05, 3.63) is 0 Å². The van der Waals surface area contributed by atoms with Crippen LogP contribution >= 0.6 is 7.82 Å². The Balaban J connectivity index is -0.0000000133.